The topological polar surface area (TPSA) is 115 Å². The van der Waals surface area contributed by atoms with Gasteiger partial charge < -0.3 is 19.5 Å². The lowest BCUT2D eigenvalue weighted by Crippen LogP contribution is -2.32. The van der Waals surface area contributed by atoms with Crippen LogP contribution in [0.3, 0.4) is 0 Å². The van der Waals surface area contributed by atoms with E-state index < -0.39 is 17.8 Å². The van der Waals surface area contributed by atoms with Crippen LogP contribution in [0, 0.1) is 0 Å². The van der Waals surface area contributed by atoms with Crippen molar-refractivity contribution in [2.75, 3.05) is 19.0 Å². The SMILES string of the molecule is CCCOc1ccc(C(=O)Oc2ccc(/C=N/NC(=O)C(=O)Nc3ccc(Br)cc3)cc2OC)cc1. The smallest absolute Gasteiger partial charge is 0.343 e. The first-order valence-corrected chi connectivity index (χ1v) is 11.7. The summed E-state index contributed by atoms with van der Waals surface area (Å²) in [6, 6.07) is 18.1. The first kappa shape index (κ1) is 26.4. The van der Waals surface area contributed by atoms with Crippen molar-refractivity contribution in [1.29, 1.82) is 0 Å². The summed E-state index contributed by atoms with van der Waals surface area (Å²) in [5.74, 6) is -1.18. The predicted octanol–water partition coefficient (Wildman–Crippen LogP) is 4.55. The molecule has 0 fully saturated rings. The summed E-state index contributed by atoms with van der Waals surface area (Å²) < 4.78 is 17.1. The van der Waals surface area contributed by atoms with Crippen molar-refractivity contribution in [3.05, 3.63) is 82.3 Å². The van der Waals surface area contributed by atoms with E-state index in [-0.39, 0.29) is 11.5 Å². The summed E-state index contributed by atoms with van der Waals surface area (Å²) >= 11 is 3.29. The molecule has 0 spiro atoms. The van der Waals surface area contributed by atoms with E-state index in [4.69, 9.17) is 14.2 Å². The van der Waals surface area contributed by atoms with Gasteiger partial charge in [0.25, 0.3) is 0 Å². The van der Waals surface area contributed by atoms with Gasteiger partial charge in [-0.2, -0.15) is 5.10 Å². The van der Waals surface area contributed by atoms with Crippen LogP contribution in [0.5, 0.6) is 17.2 Å². The van der Waals surface area contributed by atoms with Gasteiger partial charge in [-0.3, -0.25) is 9.59 Å². The zero-order valence-corrected chi connectivity index (χ0v) is 21.2. The van der Waals surface area contributed by atoms with Gasteiger partial charge in [0, 0.05) is 10.2 Å². The molecule has 3 rings (SSSR count). The van der Waals surface area contributed by atoms with Crippen LogP contribution in [0.15, 0.2) is 76.3 Å². The van der Waals surface area contributed by atoms with Gasteiger partial charge in [-0.15, -0.1) is 0 Å². The molecule has 3 aromatic carbocycles. The molecule has 0 atom stereocenters. The van der Waals surface area contributed by atoms with Gasteiger partial charge in [-0.25, -0.2) is 10.2 Å². The number of benzene rings is 3. The van der Waals surface area contributed by atoms with Crippen LogP contribution in [0.25, 0.3) is 0 Å². The van der Waals surface area contributed by atoms with E-state index in [1.807, 2.05) is 6.92 Å². The lowest BCUT2D eigenvalue weighted by atomic mass is 10.2. The third kappa shape index (κ3) is 7.67. The zero-order valence-electron chi connectivity index (χ0n) is 19.6. The van der Waals surface area contributed by atoms with E-state index in [9.17, 15) is 14.4 Å². The van der Waals surface area contributed by atoms with Crippen LogP contribution >= 0.6 is 15.9 Å². The summed E-state index contributed by atoms with van der Waals surface area (Å²) in [6.45, 7) is 2.61. The molecular weight excluding hydrogens is 530 g/mol. The molecular formula is C26H24BrN3O6. The molecule has 0 saturated carbocycles. The fourth-order valence-corrected chi connectivity index (χ4v) is 3.12. The average molecular weight is 554 g/mol. The number of anilines is 1. The number of methoxy groups -OCH3 is 1. The van der Waals surface area contributed by atoms with E-state index in [0.717, 1.165) is 10.9 Å². The van der Waals surface area contributed by atoms with Crippen molar-refractivity contribution < 1.29 is 28.6 Å². The van der Waals surface area contributed by atoms with E-state index >= 15 is 0 Å². The van der Waals surface area contributed by atoms with Gasteiger partial charge >= 0.3 is 17.8 Å². The third-order valence-electron chi connectivity index (χ3n) is 4.64. The van der Waals surface area contributed by atoms with Crippen molar-refractivity contribution in [2.45, 2.75) is 13.3 Å². The predicted molar refractivity (Wildman–Crippen MR) is 139 cm³/mol. The van der Waals surface area contributed by atoms with Gasteiger partial charge in [0.2, 0.25) is 0 Å². The Morgan fingerprint density at radius 1 is 0.944 bits per heavy atom. The number of halogens is 1. The van der Waals surface area contributed by atoms with Crippen LogP contribution in [0.1, 0.15) is 29.3 Å². The molecule has 9 nitrogen and oxygen atoms in total. The number of hydrogen-bond acceptors (Lipinski definition) is 7. The van der Waals surface area contributed by atoms with Crippen molar-refractivity contribution in [3.63, 3.8) is 0 Å². The molecule has 10 heteroatoms. The highest BCUT2D eigenvalue weighted by atomic mass is 79.9. The molecule has 0 aromatic heterocycles. The highest BCUT2D eigenvalue weighted by Crippen LogP contribution is 2.28. The minimum absolute atomic E-state index is 0.212. The number of amides is 2. The lowest BCUT2D eigenvalue weighted by Gasteiger charge is -2.10. The van der Waals surface area contributed by atoms with Crippen molar-refractivity contribution in [3.8, 4) is 17.2 Å². The fraction of sp³-hybridized carbons (Fsp3) is 0.154. The standard InChI is InChI=1S/C26H24BrN3O6/c1-3-14-35-21-11-5-18(6-12-21)26(33)36-22-13-4-17(15-23(22)34-2)16-28-30-25(32)24(31)29-20-9-7-19(27)8-10-20/h4-13,15-16H,3,14H2,1-2H3,(H,29,31)(H,30,32)/b28-16+. The highest BCUT2D eigenvalue weighted by Gasteiger charge is 2.14. The van der Waals surface area contributed by atoms with E-state index in [2.05, 4.69) is 31.8 Å². The summed E-state index contributed by atoms with van der Waals surface area (Å²) in [5.41, 5.74) is 3.53. The molecule has 3 aromatic rings. The Bertz CT molecular complexity index is 1240. The lowest BCUT2D eigenvalue weighted by molar-refractivity contribution is -0.136. The number of nitrogens with one attached hydrogen (secondary N) is 2. The molecule has 0 aliphatic heterocycles. The fourth-order valence-electron chi connectivity index (χ4n) is 2.85. The quantitative estimate of drug-likeness (QED) is 0.132. The van der Waals surface area contributed by atoms with Gasteiger partial charge in [-0.1, -0.05) is 22.9 Å². The van der Waals surface area contributed by atoms with Gasteiger partial charge in [0.15, 0.2) is 11.5 Å². The summed E-state index contributed by atoms with van der Waals surface area (Å²) in [4.78, 5) is 36.5. The second kappa shape index (κ2) is 13.1. The van der Waals surface area contributed by atoms with E-state index in [1.54, 1.807) is 66.7 Å². The molecule has 186 valence electrons. The second-order valence-corrected chi connectivity index (χ2v) is 8.25. The Balaban J connectivity index is 1.57. The van der Waals surface area contributed by atoms with Crippen LogP contribution in [0.2, 0.25) is 0 Å². The normalized spacial score (nSPS) is 10.5. The number of ether oxygens (including phenoxy) is 3. The van der Waals surface area contributed by atoms with Gasteiger partial charge in [0.05, 0.1) is 25.5 Å². The molecule has 2 amide bonds. The summed E-state index contributed by atoms with van der Waals surface area (Å²) in [5, 5.41) is 6.26. The molecule has 2 N–H and O–H groups in total. The van der Waals surface area contributed by atoms with Crippen LogP contribution in [0.4, 0.5) is 5.69 Å². The summed E-state index contributed by atoms with van der Waals surface area (Å²) in [6.07, 6.45) is 2.21. The largest absolute Gasteiger partial charge is 0.494 e. The van der Waals surface area contributed by atoms with Crippen LogP contribution in [-0.4, -0.2) is 37.7 Å². The maximum absolute atomic E-state index is 12.5. The molecule has 0 aliphatic carbocycles. The molecule has 0 bridgehead atoms. The Hall–Kier alpha value is -4.18. The van der Waals surface area contributed by atoms with Crippen molar-refractivity contribution in [1.82, 2.24) is 5.43 Å². The minimum atomic E-state index is -0.933. The number of nitrogens with zero attached hydrogens (tertiary/aromatic N) is 1. The molecule has 36 heavy (non-hydrogen) atoms. The van der Waals surface area contributed by atoms with Crippen molar-refractivity contribution in [2.24, 2.45) is 5.10 Å². The number of rotatable bonds is 9. The maximum Gasteiger partial charge on any atom is 0.343 e. The van der Waals surface area contributed by atoms with Crippen LogP contribution < -0.4 is 25.0 Å². The molecule has 0 saturated heterocycles. The average Bonchev–Trinajstić information content (AvgIpc) is 2.89. The third-order valence-corrected chi connectivity index (χ3v) is 5.17. The second-order valence-electron chi connectivity index (χ2n) is 7.33. The van der Waals surface area contributed by atoms with Crippen molar-refractivity contribution >= 4 is 45.6 Å². The number of hydrogen-bond donors (Lipinski definition) is 2. The number of carbonyl (C=O) groups is 3. The van der Waals surface area contributed by atoms with Gasteiger partial charge in [0.1, 0.15) is 5.75 Å². The van der Waals surface area contributed by atoms with E-state index in [0.29, 0.717) is 29.2 Å². The molecule has 0 heterocycles. The van der Waals surface area contributed by atoms with E-state index in [1.165, 1.54) is 13.3 Å². The number of carbonyl (C=O) groups excluding carboxylic acids is 3. The number of esters is 1. The Morgan fingerprint density at radius 2 is 1.67 bits per heavy atom. The van der Waals surface area contributed by atoms with Crippen LogP contribution in [-0.2, 0) is 9.59 Å². The minimum Gasteiger partial charge on any atom is -0.494 e. The molecule has 0 unspecified atom stereocenters. The Labute approximate surface area is 216 Å². The maximum atomic E-state index is 12.5. The first-order valence-electron chi connectivity index (χ1n) is 10.9. The monoisotopic (exact) mass is 553 g/mol. The van der Waals surface area contributed by atoms with Gasteiger partial charge in [-0.05, 0) is 78.7 Å². The molecule has 0 radical (unpaired) electrons. The zero-order chi connectivity index (χ0) is 25.9. The number of hydrazone groups is 1. The molecule has 0 aliphatic rings. The Morgan fingerprint density at radius 3 is 2.33 bits per heavy atom. The summed E-state index contributed by atoms with van der Waals surface area (Å²) in [7, 11) is 1.43. The Kier molecular flexibility index (Phi) is 9.58. The first-order chi connectivity index (χ1) is 17.4. The highest BCUT2D eigenvalue weighted by molar-refractivity contribution is 9.10.